The molecule has 23 heavy (non-hydrogen) atoms. The Kier molecular flexibility index (Phi) is 8.80. The zero-order valence-electron chi connectivity index (χ0n) is 14.0. The Morgan fingerprint density at radius 2 is 1.96 bits per heavy atom. The number of cyclic esters (lactones) is 1. The highest BCUT2D eigenvalue weighted by Gasteiger charge is 2.36. The van der Waals surface area contributed by atoms with E-state index >= 15 is 0 Å². The van der Waals surface area contributed by atoms with Gasteiger partial charge >= 0.3 is 12.1 Å². The van der Waals surface area contributed by atoms with Crippen molar-refractivity contribution in [1.29, 1.82) is 0 Å². The van der Waals surface area contributed by atoms with Gasteiger partial charge in [0.25, 0.3) is 0 Å². The number of benzene rings is 1. The summed E-state index contributed by atoms with van der Waals surface area (Å²) < 4.78 is 9.39. The van der Waals surface area contributed by atoms with Crippen molar-refractivity contribution < 1.29 is 20.5 Å². The van der Waals surface area contributed by atoms with Gasteiger partial charge in [0.05, 0.1) is 12.5 Å². The van der Waals surface area contributed by atoms with E-state index in [1.807, 2.05) is 32.0 Å². The molecular formula is C18H29NO4. The lowest BCUT2D eigenvalue weighted by atomic mass is 9.97. The molecule has 0 aromatic heterocycles. The first-order valence-corrected chi connectivity index (χ1v) is 8.21. The van der Waals surface area contributed by atoms with Crippen LogP contribution in [0.2, 0.25) is 0 Å². The first kappa shape index (κ1) is 19.0. The number of ether oxygens (including phenoxy) is 2. The maximum absolute atomic E-state index is 10.4. The second-order valence-corrected chi connectivity index (χ2v) is 5.64. The average Bonchev–Trinajstić information content (AvgIpc) is 2.56. The van der Waals surface area contributed by atoms with Crippen LogP contribution >= 0.6 is 0 Å². The summed E-state index contributed by atoms with van der Waals surface area (Å²) in [5.74, 6) is 0.108. The number of amides is 1. The topological polar surface area (TPSA) is 78.6 Å². The van der Waals surface area contributed by atoms with Crippen LogP contribution in [0.3, 0.4) is 0 Å². The third-order valence-corrected chi connectivity index (χ3v) is 3.80. The van der Waals surface area contributed by atoms with Gasteiger partial charge in [0.15, 0.2) is 0 Å². The number of hydrogen-bond donors (Lipinski definition) is 1. The molecule has 0 unspecified atom stereocenters. The molecule has 1 aromatic rings. The van der Waals surface area contributed by atoms with Crippen LogP contribution in [-0.2, 0) is 20.7 Å². The molecule has 2 N–H and O–H groups in total. The molecule has 1 aromatic carbocycles. The van der Waals surface area contributed by atoms with Crippen molar-refractivity contribution in [3.8, 4) is 0 Å². The monoisotopic (exact) mass is 323 g/mol. The summed E-state index contributed by atoms with van der Waals surface area (Å²) in [5, 5.41) is 0. The summed E-state index contributed by atoms with van der Waals surface area (Å²) in [5.41, 5.74) is 6.19. The number of esters is 1. The fourth-order valence-corrected chi connectivity index (χ4v) is 2.30. The molecule has 1 amide bonds. The van der Waals surface area contributed by atoms with Gasteiger partial charge in [0.1, 0.15) is 6.10 Å². The SMILES string of the molecule is CC[C@@H]1OC(=O)[C@@H]1C.NC(=O)OCCCCCc1ccccc1.[HH]. The highest BCUT2D eigenvalue weighted by atomic mass is 16.6. The molecule has 0 spiro atoms. The fraction of sp³-hybridized carbons (Fsp3) is 0.556. The van der Waals surface area contributed by atoms with E-state index in [1.165, 1.54) is 5.56 Å². The predicted molar refractivity (Wildman–Crippen MR) is 91.0 cm³/mol. The molecule has 1 fully saturated rings. The zero-order valence-corrected chi connectivity index (χ0v) is 14.0. The molecule has 1 aliphatic rings. The van der Waals surface area contributed by atoms with Gasteiger partial charge < -0.3 is 15.2 Å². The van der Waals surface area contributed by atoms with Crippen molar-refractivity contribution in [2.45, 2.75) is 52.1 Å². The molecule has 5 nitrogen and oxygen atoms in total. The number of aryl methyl sites for hydroxylation is 1. The first-order chi connectivity index (χ1) is 11.0. The first-order valence-electron chi connectivity index (χ1n) is 8.21. The summed E-state index contributed by atoms with van der Waals surface area (Å²) in [4.78, 5) is 20.6. The van der Waals surface area contributed by atoms with E-state index in [2.05, 4.69) is 16.9 Å². The van der Waals surface area contributed by atoms with Gasteiger partial charge in [-0.3, -0.25) is 4.79 Å². The van der Waals surface area contributed by atoms with Gasteiger partial charge in [0.2, 0.25) is 0 Å². The second kappa shape index (κ2) is 10.6. The second-order valence-electron chi connectivity index (χ2n) is 5.64. The molecule has 5 heteroatoms. The molecule has 1 saturated heterocycles. The van der Waals surface area contributed by atoms with Crippen LogP contribution < -0.4 is 5.73 Å². The van der Waals surface area contributed by atoms with Crippen molar-refractivity contribution in [3.63, 3.8) is 0 Å². The Morgan fingerprint density at radius 3 is 2.43 bits per heavy atom. The van der Waals surface area contributed by atoms with E-state index in [9.17, 15) is 9.59 Å². The predicted octanol–water partition coefficient (Wildman–Crippen LogP) is 3.70. The van der Waals surface area contributed by atoms with Gasteiger partial charge in [-0.2, -0.15) is 0 Å². The number of primary amides is 1. The van der Waals surface area contributed by atoms with Crippen molar-refractivity contribution in [3.05, 3.63) is 35.9 Å². The highest BCUT2D eigenvalue weighted by Crippen LogP contribution is 2.23. The van der Waals surface area contributed by atoms with Crippen LogP contribution in [0.15, 0.2) is 30.3 Å². The Labute approximate surface area is 139 Å². The summed E-state index contributed by atoms with van der Waals surface area (Å²) in [7, 11) is 0. The molecule has 0 bridgehead atoms. The van der Waals surface area contributed by atoms with E-state index in [1.54, 1.807) is 0 Å². The van der Waals surface area contributed by atoms with E-state index in [4.69, 9.17) is 10.5 Å². The van der Waals surface area contributed by atoms with Crippen LogP contribution in [0.1, 0.15) is 46.5 Å². The van der Waals surface area contributed by atoms with E-state index < -0.39 is 6.09 Å². The Morgan fingerprint density at radius 1 is 1.26 bits per heavy atom. The van der Waals surface area contributed by atoms with Crippen LogP contribution in [0.5, 0.6) is 0 Å². The number of carbonyl (C=O) groups excluding carboxylic acids is 2. The van der Waals surface area contributed by atoms with E-state index in [0.717, 1.165) is 32.1 Å². The number of rotatable bonds is 7. The molecule has 2 atom stereocenters. The van der Waals surface area contributed by atoms with Gasteiger partial charge in [-0.25, -0.2) is 4.79 Å². The fourth-order valence-electron chi connectivity index (χ4n) is 2.30. The van der Waals surface area contributed by atoms with Crippen molar-refractivity contribution >= 4 is 12.1 Å². The van der Waals surface area contributed by atoms with E-state index in [-0.39, 0.29) is 19.4 Å². The normalized spacial score (nSPS) is 19.0. The van der Waals surface area contributed by atoms with Crippen molar-refractivity contribution in [1.82, 2.24) is 0 Å². The quantitative estimate of drug-likeness (QED) is 0.613. The highest BCUT2D eigenvalue weighted by molar-refractivity contribution is 5.77. The third kappa shape index (κ3) is 7.68. The minimum Gasteiger partial charge on any atom is -0.461 e. The summed E-state index contributed by atoms with van der Waals surface area (Å²) in [6, 6.07) is 10.4. The lowest BCUT2D eigenvalue weighted by Crippen LogP contribution is -2.42. The lowest BCUT2D eigenvalue weighted by Gasteiger charge is -2.31. The Bertz CT molecular complexity index is 481. The maximum atomic E-state index is 10.4. The summed E-state index contributed by atoms with van der Waals surface area (Å²) >= 11 is 0. The van der Waals surface area contributed by atoms with Crippen LogP contribution in [0.4, 0.5) is 4.79 Å². The standard InChI is InChI=1S/C12H17NO2.C6H10O2.H2/c13-12(14)15-10-6-2-5-9-11-7-3-1-4-8-11;1-3-5-4(2)6(7)8-5;/h1,3-4,7-8H,2,5-6,9-10H2,(H2,13,14);4-5H,3H2,1-2H3;1H/t;4-,5+;/m.1./s1. The molecule has 0 aliphatic carbocycles. The Balaban J connectivity index is 0.000000498. The number of nitrogens with two attached hydrogens (primary N) is 1. The molecular weight excluding hydrogens is 294 g/mol. The third-order valence-electron chi connectivity index (χ3n) is 3.80. The molecule has 0 radical (unpaired) electrons. The number of hydrogen-bond acceptors (Lipinski definition) is 4. The van der Waals surface area contributed by atoms with E-state index in [0.29, 0.717) is 6.61 Å². The van der Waals surface area contributed by atoms with Crippen LogP contribution in [-0.4, -0.2) is 24.8 Å². The number of carbonyl (C=O) groups is 2. The molecule has 0 saturated carbocycles. The zero-order chi connectivity index (χ0) is 17.1. The number of unbranched alkanes of at least 4 members (excludes halogenated alkanes) is 2. The van der Waals surface area contributed by atoms with Gasteiger partial charge in [-0.1, -0.05) is 37.3 Å². The van der Waals surface area contributed by atoms with Crippen LogP contribution in [0, 0.1) is 5.92 Å². The van der Waals surface area contributed by atoms with Crippen LogP contribution in [0.25, 0.3) is 0 Å². The average molecular weight is 323 g/mol. The molecule has 130 valence electrons. The molecule has 1 aliphatic heterocycles. The largest absolute Gasteiger partial charge is 0.461 e. The minimum atomic E-state index is -0.682. The summed E-state index contributed by atoms with van der Waals surface area (Å²) in [6.07, 6.45) is 4.62. The lowest BCUT2D eigenvalue weighted by molar-refractivity contribution is -0.182. The summed E-state index contributed by atoms with van der Waals surface area (Å²) in [6.45, 7) is 4.36. The maximum Gasteiger partial charge on any atom is 0.404 e. The molecule has 2 rings (SSSR count). The Hall–Kier alpha value is -2.04. The van der Waals surface area contributed by atoms with Crippen molar-refractivity contribution in [2.24, 2.45) is 11.7 Å². The van der Waals surface area contributed by atoms with Gasteiger partial charge in [-0.05, 0) is 44.6 Å². The molecule has 1 heterocycles. The van der Waals surface area contributed by atoms with Gasteiger partial charge in [0, 0.05) is 1.43 Å². The van der Waals surface area contributed by atoms with Gasteiger partial charge in [-0.15, -0.1) is 0 Å². The van der Waals surface area contributed by atoms with Crippen molar-refractivity contribution in [2.75, 3.05) is 6.61 Å². The minimum absolute atomic E-state index is 0. The smallest absolute Gasteiger partial charge is 0.404 e.